The molecule has 15 nitrogen and oxygen atoms in total. The number of aromatic nitrogens is 3. The first kappa shape index (κ1) is 41.4. The average molecular weight is 798 g/mol. The fraction of sp³-hybridized carbons (Fsp3) is 0.341. The zero-order valence-electron chi connectivity index (χ0n) is 31.9. The Morgan fingerprint density at radius 1 is 1.04 bits per heavy atom. The Kier molecular flexibility index (Phi) is 14.4. The highest BCUT2D eigenvalue weighted by molar-refractivity contribution is 8.09. The molecule has 1 aliphatic heterocycles. The van der Waals surface area contributed by atoms with Crippen LogP contribution in [0.3, 0.4) is 0 Å². The molecule has 0 fully saturated rings. The van der Waals surface area contributed by atoms with Crippen molar-refractivity contribution < 1.29 is 29.5 Å². The van der Waals surface area contributed by atoms with E-state index in [1.54, 1.807) is 40.3 Å². The van der Waals surface area contributed by atoms with Gasteiger partial charge in [0.25, 0.3) is 0 Å². The summed E-state index contributed by atoms with van der Waals surface area (Å²) >= 11 is 0. The van der Waals surface area contributed by atoms with Crippen molar-refractivity contribution in [2.24, 2.45) is 0 Å². The van der Waals surface area contributed by atoms with Gasteiger partial charge in [0.15, 0.2) is 0 Å². The number of para-hydroxylation sites is 2. The Morgan fingerprint density at radius 2 is 1.81 bits per heavy atom. The van der Waals surface area contributed by atoms with Crippen LogP contribution in [0.15, 0.2) is 90.0 Å². The molecule has 4 atom stereocenters. The molecule has 0 bridgehead atoms. The summed E-state index contributed by atoms with van der Waals surface area (Å²) in [5.41, 5.74) is 11.6. The number of anilines is 2. The van der Waals surface area contributed by atoms with Gasteiger partial charge in [-0.1, -0.05) is 49.2 Å². The Morgan fingerprint density at radius 3 is 2.58 bits per heavy atom. The van der Waals surface area contributed by atoms with Gasteiger partial charge in [0.05, 0.1) is 24.0 Å². The minimum absolute atomic E-state index is 0.271. The van der Waals surface area contributed by atoms with Crippen molar-refractivity contribution in [3.8, 4) is 0 Å². The lowest BCUT2D eigenvalue weighted by Crippen LogP contribution is -2.42. The molecule has 3 heterocycles. The number of carboxylic acid groups (broad SMARTS) is 1. The molecular weight excluding hydrogens is 747 g/mol. The fourth-order valence-corrected chi connectivity index (χ4v) is 7.53. The number of fused-ring (bicyclic) bond motifs is 2. The number of amides is 1. The number of hydrazine groups is 1. The van der Waals surface area contributed by atoms with Crippen LogP contribution in [0.25, 0.3) is 11.0 Å². The number of benzene rings is 3. The van der Waals surface area contributed by atoms with Crippen molar-refractivity contribution in [1.82, 2.24) is 35.5 Å². The number of aromatic amines is 1. The zero-order valence-corrected chi connectivity index (χ0v) is 32.7. The molecule has 302 valence electrons. The number of nitrogens with one attached hydrogen (secondary N) is 5. The number of pyridine rings is 1. The minimum atomic E-state index is -1.09. The quantitative estimate of drug-likeness (QED) is 0.0216. The summed E-state index contributed by atoms with van der Waals surface area (Å²) in [5.74, 6) is 3.69. The maximum absolute atomic E-state index is 13.6. The lowest BCUT2D eigenvalue weighted by Gasteiger charge is -2.25. The average Bonchev–Trinajstić information content (AvgIpc) is 3.56. The second-order valence-corrected chi connectivity index (χ2v) is 15.3. The number of hydrogen-bond donors (Lipinski definition) is 9. The highest BCUT2D eigenvalue weighted by atomic mass is 32.2. The van der Waals surface area contributed by atoms with Crippen molar-refractivity contribution >= 4 is 51.1 Å². The summed E-state index contributed by atoms with van der Waals surface area (Å²) in [5, 5.41) is 37.8. The van der Waals surface area contributed by atoms with Crippen LogP contribution in [0, 0.1) is 0 Å². The third kappa shape index (κ3) is 11.2. The number of imidazole rings is 1. The maximum Gasteiger partial charge on any atom is 0.305 e. The number of rotatable bonds is 20. The monoisotopic (exact) mass is 797 g/mol. The Balaban J connectivity index is 0.951. The summed E-state index contributed by atoms with van der Waals surface area (Å²) in [4.78, 5) is 41.8. The summed E-state index contributed by atoms with van der Waals surface area (Å²) in [6.07, 6.45) is 2.66. The molecular formula is C41H51N9O6S. The van der Waals surface area contributed by atoms with Crippen LogP contribution >= 0.6 is 10.8 Å². The summed E-state index contributed by atoms with van der Waals surface area (Å²) < 4.78 is 9.90. The number of hydrogen-bond acceptors (Lipinski definition) is 12. The van der Waals surface area contributed by atoms with E-state index in [0.717, 1.165) is 58.6 Å². The summed E-state index contributed by atoms with van der Waals surface area (Å²) in [6.45, 7) is 2.16. The molecule has 0 aliphatic carbocycles. The standard InChI is InChI=1S/C41H51N9O6S/c1-49(26-37-46-32-12-6-7-13-33(32)47-37)40(54)27-15-17-31-30(21-27)25-50(41(55)34(45-31)22-38(51)52)20-10-4-3-9-19-42-39(53)29-16-18-36(43-23-29)48-44-24-28-11-5-8-14-35(28)57(2)56/h5-8,11-18,21,23,34,39-40,42,44-45,53-54,56H,2-4,9-10,19-20,22,24-26H2,1H3,(H,43,48)(H,46,47)(H,51,52)/t34-,39?,40?,57?/m0/s1. The number of aliphatic hydroxyl groups excluding tert-OH is 2. The van der Waals surface area contributed by atoms with E-state index in [4.69, 9.17) is 0 Å². The molecule has 3 aromatic carbocycles. The maximum atomic E-state index is 13.6. The van der Waals surface area contributed by atoms with E-state index in [2.05, 4.69) is 42.3 Å². The molecule has 6 rings (SSSR count). The third-order valence-electron chi connectivity index (χ3n) is 9.88. The molecule has 1 amide bonds. The van der Waals surface area contributed by atoms with Crippen LogP contribution in [0.5, 0.6) is 0 Å². The number of carbonyl (C=O) groups is 2. The first-order valence-corrected chi connectivity index (χ1v) is 20.3. The lowest BCUT2D eigenvalue weighted by molar-refractivity contribution is -0.141. The van der Waals surface area contributed by atoms with Crippen LogP contribution in [0.2, 0.25) is 0 Å². The zero-order chi connectivity index (χ0) is 40.3. The van der Waals surface area contributed by atoms with E-state index < -0.39 is 35.2 Å². The molecule has 3 unspecified atom stereocenters. The van der Waals surface area contributed by atoms with Crippen LogP contribution < -0.4 is 21.5 Å². The Labute approximate surface area is 334 Å². The second kappa shape index (κ2) is 19.8. The molecule has 0 spiro atoms. The van der Waals surface area contributed by atoms with Gasteiger partial charge in [-0.25, -0.2) is 15.4 Å². The first-order chi connectivity index (χ1) is 27.5. The molecule has 2 aromatic heterocycles. The van der Waals surface area contributed by atoms with Gasteiger partial charge in [-0.15, -0.1) is 0 Å². The number of unbranched alkanes of at least 4 members (excludes halogenated alkanes) is 3. The fourth-order valence-electron chi connectivity index (χ4n) is 6.85. The first-order valence-electron chi connectivity index (χ1n) is 18.9. The van der Waals surface area contributed by atoms with Crippen molar-refractivity contribution in [1.29, 1.82) is 0 Å². The van der Waals surface area contributed by atoms with Crippen LogP contribution in [-0.4, -0.2) is 88.5 Å². The van der Waals surface area contributed by atoms with Crippen molar-refractivity contribution in [3.05, 3.63) is 113 Å². The van der Waals surface area contributed by atoms with E-state index in [-0.39, 0.29) is 18.9 Å². The largest absolute Gasteiger partial charge is 0.481 e. The van der Waals surface area contributed by atoms with Gasteiger partial charge in [0.1, 0.15) is 30.1 Å². The number of carbonyl (C=O) groups excluding carboxylic acids is 1. The highest BCUT2D eigenvalue weighted by Crippen LogP contribution is 2.29. The number of nitrogens with zero attached hydrogens (tertiary/aromatic N) is 4. The van der Waals surface area contributed by atoms with Gasteiger partial charge < -0.3 is 40.5 Å². The van der Waals surface area contributed by atoms with E-state index in [0.29, 0.717) is 48.8 Å². The van der Waals surface area contributed by atoms with E-state index in [9.17, 15) is 29.5 Å². The van der Waals surface area contributed by atoms with Gasteiger partial charge in [0, 0.05) is 42.0 Å². The molecule has 57 heavy (non-hydrogen) atoms. The van der Waals surface area contributed by atoms with Crippen molar-refractivity contribution in [2.45, 2.75) is 75.1 Å². The van der Waals surface area contributed by atoms with Gasteiger partial charge >= 0.3 is 5.97 Å². The van der Waals surface area contributed by atoms with E-state index in [1.807, 2.05) is 61.6 Å². The predicted octanol–water partition coefficient (Wildman–Crippen LogP) is 5.17. The van der Waals surface area contributed by atoms with Gasteiger partial charge in [-0.3, -0.25) is 19.8 Å². The molecule has 5 aromatic rings. The number of carboxylic acids is 1. The second-order valence-electron chi connectivity index (χ2n) is 14.2. The molecule has 9 N–H and O–H groups in total. The summed E-state index contributed by atoms with van der Waals surface area (Å²) in [6, 6.07) is 23.4. The molecule has 0 saturated heterocycles. The Bertz CT molecular complexity index is 2120. The van der Waals surface area contributed by atoms with Crippen molar-refractivity contribution in [2.75, 3.05) is 30.9 Å². The lowest BCUT2D eigenvalue weighted by atomic mass is 10.1. The molecule has 16 heteroatoms. The van der Waals surface area contributed by atoms with Crippen LogP contribution in [-0.2, 0) is 29.2 Å². The molecule has 0 saturated carbocycles. The molecule has 1 aliphatic rings. The minimum Gasteiger partial charge on any atom is -0.481 e. The van der Waals surface area contributed by atoms with Gasteiger partial charge in [0.2, 0.25) is 5.91 Å². The normalized spacial score (nSPS) is 15.8. The van der Waals surface area contributed by atoms with Crippen LogP contribution in [0.1, 0.15) is 72.6 Å². The van der Waals surface area contributed by atoms with Crippen molar-refractivity contribution in [3.63, 3.8) is 0 Å². The highest BCUT2D eigenvalue weighted by Gasteiger charge is 2.31. The number of aliphatic carboxylic acids is 1. The number of H-pyrrole nitrogens is 1. The van der Waals surface area contributed by atoms with E-state index >= 15 is 0 Å². The SMILES string of the molecule is C=S(O)c1ccccc1CNNc1ccc(C(O)NCCCCCCN2Cc3cc(C(O)N(C)Cc4nc5ccccc5[nH]4)ccc3N[C@@H](CC(=O)O)C2=O)cn1. The van der Waals surface area contributed by atoms with Crippen LogP contribution in [0.4, 0.5) is 11.5 Å². The summed E-state index contributed by atoms with van der Waals surface area (Å²) in [7, 11) is 0.725. The van der Waals surface area contributed by atoms with E-state index in [1.165, 1.54) is 0 Å². The smallest absolute Gasteiger partial charge is 0.305 e. The number of aliphatic hydroxyl groups is 2. The van der Waals surface area contributed by atoms with Gasteiger partial charge in [-0.05, 0) is 102 Å². The predicted molar refractivity (Wildman–Crippen MR) is 222 cm³/mol. The molecule has 0 radical (unpaired) electrons. The third-order valence-corrected chi connectivity index (χ3v) is 10.8. The topological polar surface area (TPSA) is 211 Å². The van der Waals surface area contributed by atoms with Gasteiger partial charge in [-0.2, -0.15) is 0 Å². The Hall–Kier alpha value is -5.20.